The zero-order valence-electron chi connectivity index (χ0n) is 17.9. The summed E-state index contributed by atoms with van der Waals surface area (Å²) in [6.07, 6.45) is 4.19. The number of rotatable bonds is 8. The Morgan fingerprint density at radius 3 is 2.67 bits per heavy atom. The smallest absolute Gasteiger partial charge is 0.223 e. The monoisotopic (exact) mass is 431 g/mol. The minimum absolute atomic E-state index is 0.00468. The molecule has 162 valence electrons. The van der Waals surface area contributed by atoms with Crippen LogP contribution in [-0.4, -0.2) is 37.7 Å². The van der Waals surface area contributed by atoms with E-state index in [1.165, 1.54) is 0 Å². The van der Waals surface area contributed by atoms with Gasteiger partial charge in [0.2, 0.25) is 5.91 Å². The molecule has 1 N–H and O–H groups in total. The molecule has 1 fully saturated rings. The van der Waals surface area contributed by atoms with Crippen LogP contribution in [0.4, 0.5) is 5.82 Å². The second-order valence-electron chi connectivity index (χ2n) is 7.58. The van der Waals surface area contributed by atoms with Gasteiger partial charge in [-0.05, 0) is 56.0 Å². The number of halogens is 1. The first-order valence-electron chi connectivity index (χ1n) is 10.5. The summed E-state index contributed by atoms with van der Waals surface area (Å²) in [6.45, 7) is 6.31. The van der Waals surface area contributed by atoms with Crippen molar-refractivity contribution in [3.8, 4) is 11.5 Å². The number of methoxy groups -OCH3 is 1. The average Bonchev–Trinajstić information content (AvgIpc) is 2.78. The zero-order valence-corrected chi connectivity index (χ0v) is 18.6. The van der Waals surface area contributed by atoms with E-state index in [0.717, 1.165) is 49.5 Å². The molecule has 1 aromatic heterocycles. The normalized spacial score (nSPS) is 15.5. The molecular formula is C23H30ClN3O3. The van der Waals surface area contributed by atoms with E-state index < -0.39 is 0 Å². The fourth-order valence-corrected chi connectivity index (χ4v) is 3.74. The molecule has 7 heteroatoms. The van der Waals surface area contributed by atoms with Gasteiger partial charge >= 0.3 is 0 Å². The van der Waals surface area contributed by atoms with Gasteiger partial charge in [0.25, 0.3) is 0 Å². The summed E-state index contributed by atoms with van der Waals surface area (Å²) < 4.78 is 11.2. The predicted octanol–water partition coefficient (Wildman–Crippen LogP) is 4.63. The Bertz CT molecular complexity index is 836. The molecule has 0 aliphatic carbocycles. The van der Waals surface area contributed by atoms with E-state index in [4.69, 9.17) is 21.1 Å². The number of hydrogen-bond acceptors (Lipinski definition) is 5. The Labute approximate surface area is 183 Å². The van der Waals surface area contributed by atoms with Crippen LogP contribution in [0.1, 0.15) is 44.7 Å². The first kappa shape index (κ1) is 22.2. The van der Waals surface area contributed by atoms with Gasteiger partial charge in [-0.25, -0.2) is 4.98 Å². The fraction of sp³-hybridized carbons (Fsp3) is 0.478. The fourth-order valence-electron chi connectivity index (χ4n) is 3.63. The van der Waals surface area contributed by atoms with E-state index in [0.29, 0.717) is 17.4 Å². The quantitative estimate of drug-likeness (QED) is 0.660. The Morgan fingerprint density at radius 1 is 1.27 bits per heavy atom. The highest BCUT2D eigenvalue weighted by Gasteiger charge is 2.26. The van der Waals surface area contributed by atoms with Crippen molar-refractivity contribution in [2.24, 2.45) is 5.92 Å². The number of ether oxygens (including phenoxy) is 2. The molecule has 0 spiro atoms. The van der Waals surface area contributed by atoms with Crippen LogP contribution in [0.25, 0.3) is 0 Å². The second kappa shape index (κ2) is 10.5. The van der Waals surface area contributed by atoms with Gasteiger partial charge in [0, 0.05) is 25.2 Å². The van der Waals surface area contributed by atoms with E-state index in [2.05, 4.69) is 22.1 Å². The van der Waals surface area contributed by atoms with Gasteiger partial charge in [0.05, 0.1) is 24.8 Å². The van der Waals surface area contributed by atoms with Crippen molar-refractivity contribution < 1.29 is 14.3 Å². The van der Waals surface area contributed by atoms with Gasteiger partial charge in [0.15, 0.2) is 11.5 Å². The number of carbonyl (C=O) groups is 1. The molecule has 1 atom stereocenters. The van der Waals surface area contributed by atoms with Crippen molar-refractivity contribution in [1.82, 2.24) is 10.3 Å². The maximum absolute atomic E-state index is 12.8. The Morgan fingerprint density at radius 2 is 2.03 bits per heavy atom. The number of benzene rings is 1. The number of anilines is 1. The van der Waals surface area contributed by atoms with E-state index in [-0.39, 0.29) is 17.9 Å². The number of carbonyl (C=O) groups excluding carboxylic acids is 1. The number of hydrogen-bond donors (Lipinski definition) is 1. The van der Waals surface area contributed by atoms with Crippen molar-refractivity contribution in [3.05, 3.63) is 47.1 Å². The van der Waals surface area contributed by atoms with E-state index in [1.807, 2.05) is 37.3 Å². The highest BCUT2D eigenvalue weighted by atomic mass is 35.5. The molecule has 1 saturated heterocycles. The molecule has 0 saturated carbocycles. The highest BCUT2D eigenvalue weighted by Crippen LogP contribution is 2.31. The van der Waals surface area contributed by atoms with E-state index >= 15 is 0 Å². The number of aromatic nitrogens is 1. The summed E-state index contributed by atoms with van der Waals surface area (Å²) in [6, 6.07) is 9.48. The molecule has 30 heavy (non-hydrogen) atoms. The third-order valence-electron chi connectivity index (χ3n) is 5.41. The number of nitrogens with zero attached hydrogens (tertiary/aromatic N) is 2. The highest BCUT2D eigenvalue weighted by molar-refractivity contribution is 6.30. The first-order chi connectivity index (χ1) is 14.5. The zero-order chi connectivity index (χ0) is 21.5. The molecule has 2 aromatic rings. The first-order valence-corrected chi connectivity index (χ1v) is 10.9. The van der Waals surface area contributed by atoms with Crippen LogP contribution < -0.4 is 19.7 Å². The molecule has 1 aromatic carbocycles. The summed E-state index contributed by atoms with van der Waals surface area (Å²) in [5.41, 5.74) is 0.992. The van der Waals surface area contributed by atoms with E-state index in [9.17, 15) is 4.79 Å². The topological polar surface area (TPSA) is 63.7 Å². The number of pyridine rings is 1. The summed E-state index contributed by atoms with van der Waals surface area (Å²) in [4.78, 5) is 19.4. The average molecular weight is 432 g/mol. The van der Waals surface area contributed by atoms with Crippen LogP contribution in [0.15, 0.2) is 36.5 Å². The Balaban J connectivity index is 1.55. The van der Waals surface area contributed by atoms with E-state index in [1.54, 1.807) is 13.3 Å². The van der Waals surface area contributed by atoms with Crippen molar-refractivity contribution in [3.63, 3.8) is 0 Å². The largest absolute Gasteiger partial charge is 0.493 e. The summed E-state index contributed by atoms with van der Waals surface area (Å²) in [5, 5.41) is 3.78. The predicted molar refractivity (Wildman–Crippen MR) is 120 cm³/mol. The summed E-state index contributed by atoms with van der Waals surface area (Å²) in [7, 11) is 1.63. The van der Waals surface area contributed by atoms with Crippen LogP contribution >= 0.6 is 11.6 Å². The molecule has 1 amide bonds. The van der Waals surface area contributed by atoms with Gasteiger partial charge in [-0.2, -0.15) is 0 Å². The molecule has 1 unspecified atom stereocenters. The lowest BCUT2D eigenvalue weighted by Crippen LogP contribution is -2.41. The molecule has 2 heterocycles. The van der Waals surface area contributed by atoms with Gasteiger partial charge in [-0.15, -0.1) is 0 Å². The molecule has 0 bridgehead atoms. The molecule has 3 rings (SSSR count). The number of amides is 1. The third kappa shape index (κ3) is 5.57. The lowest BCUT2D eigenvalue weighted by atomic mass is 9.95. The summed E-state index contributed by atoms with van der Waals surface area (Å²) >= 11 is 5.92. The SMILES string of the molecule is CCCOc1ccc(C(C)NC(=O)C2CCN(c3ccc(Cl)cn3)CC2)cc1OC. The number of piperidine rings is 1. The lowest BCUT2D eigenvalue weighted by Gasteiger charge is -2.32. The van der Waals surface area contributed by atoms with Gasteiger partial charge in [-0.1, -0.05) is 24.6 Å². The van der Waals surface area contributed by atoms with Crippen molar-refractivity contribution in [2.45, 2.75) is 39.2 Å². The molecule has 0 radical (unpaired) electrons. The maximum atomic E-state index is 12.8. The van der Waals surface area contributed by atoms with Crippen LogP contribution in [0.2, 0.25) is 5.02 Å². The van der Waals surface area contributed by atoms with Crippen LogP contribution in [0.5, 0.6) is 11.5 Å². The van der Waals surface area contributed by atoms with Gasteiger partial charge in [-0.3, -0.25) is 4.79 Å². The summed E-state index contributed by atoms with van der Waals surface area (Å²) in [5.74, 6) is 2.42. The Kier molecular flexibility index (Phi) is 7.80. The standard InChI is InChI=1S/C23H30ClN3O3/c1-4-13-30-20-7-5-18(14-21(20)29-3)16(2)26-23(28)17-9-11-27(12-10-17)22-8-6-19(24)15-25-22/h5-8,14-17H,4,9-13H2,1-3H3,(H,26,28). The maximum Gasteiger partial charge on any atom is 0.223 e. The third-order valence-corrected chi connectivity index (χ3v) is 5.63. The van der Waals surface area contributed by atoms with Crippen LogP contribution in [0.3, 0.4) is 0 Å². The molecular weight excluding hydrogens is 402 g/mol. The van der Waals surface area contributed by atoms with Gasteiger partial charge in [0.1, 0.15) is 5.82 Å². The molecule has 1 aliphatic rings. The lowest BCUT2D eigenvalue weighted by molar-refractivity contribution is -0.126. The van der Waals surface area contributed by atoms with Crippen molar-refractivity contribution in [1.29, 1.82) is 0 Å². The number of nitrogens with one attached hydrogen (secondary N) is 1. The molecule has 1 aliphatic heterocycles. The van der Waals surface area contributed by atoms with Crippen molar-refractivity contribution in [2.75, 3.05) is 31.7 Å². The molecule has 6 nitrogen and oxygen atoms in total. The van der Waals surface area contributed by atoms with Crippen molar-refractivity contribution >= 4 is 23.3 Å². The van der Waals surface area contributed by atoms with Crippen LogP contribution in [0, 0.1) is 5.92 Å². The minimum Gasteiger partial charge on any atom is -0.493 e. The Hall–Kier alpha value is -2.47. The second-order valence-corrected chi connectivity index (χ2v) is 8.02. The van der Waals surface area contributed by atoms with Gasteiger partial charge < -0.3 is 19.7 Å². The van der Waals surface area contributed by atoms with Crippen LogP contribution in [-0.2, 0) is 4.79 Å². The minimum atomic E-state index is -0.109.